The van der Waals surface area contributed by atoms with Crippen LogP contribution in [0.1, 0.15) is 117 Å². The third-order valence-corrected chi connectivity index (χ3v) is 23.5. The van der Waals surface area contributed by atoms with Crippen LogP contribution in [0, 0.1) is 11.3 Å². The summed E-state index contributed by atoms with van der Waals surface area (Å²) in [5.41, 5.74) is 3.52. The minimum absolute atomic E-state index is 0.00228. The number of rotatable bonds is 32. The lowest BCUT2D eigenvalue weighted by molar-refractivity contribution is -0.160. The predicted molar refractivity (Wildman–Crippen MR) is 285 cm³/mol. The molecule has 0 heterocycles. The summed E-state index contributed by atoms with van der Waals surface area (Å²) in [6, 6.07) is 39.2. The SMILES string of the molecule is CC[Si](CC)(CC)O[C@H](CCCCc1cccc(OCc2ccccc2)c1)[C@@H](C)[C@H](CC(=O)C(C)(C)CO[Si](C)(C)C(C)(C)C)OC(=O)C[C@H](COCc1ccccc1)OCc1ccc(OC)cc1. The monoisotopic (exact) mass is 983 g/mol. The standard InChI is InChI=1S/C58H86O9Si2/c1-13-69(14-2,15-3)67-53(32-23-22-25-46-30-24-31-51(37-46)63-41-48-28-20-17-21-29-48)45(4)54(39-55(59)58(8,9)44-65-68(11,12)57(5,6)7)66-56(60)38-52(43-62-40-47-26-18-16-19-27-47)64-42-49-33-35-50(61-10)36-34-49/h16-21,24,26-31,33-37,45,52-54H,13-15,22-23,25,32,38-44H2,1-12H3/t45-,52-,53-,54+/m1/s1. The van der Waals surface area contributed by atoms with Gasteiger partial charge in [-0.15, -0.1) is 0 Å². The van der Waals surface area contributed by atoms with Crippen LogP contribution in [0.2, 0.25) is 36.3 Å². The van der Waals surface area contributed by atoms with Crippen LogP contribution < -0.4 is 9.47 Å². The van der Waals surface area contributed by atoms with Crippen molar-refractivity contribution < 1.29 is 42.1 Å². The molecule has 0 saturated heterocycles. The van der Waals surface area contributed by atoms with Crippen molar-refractivity contribution in [3.05, 3.63) is 131 Å². The summed E-state index contributed by atoms with van der Waals surface area (Å²) in [7, 11) is -2.66. The van der Waals surface area contributed by atoms with Gasteiger partial charge in [-0.1, -0.05) is 154 Å². The summed E-state index contributed by atoms with van der Waals surface area (Å²) >= 11 is 0. The Hall–Kier alpha value is -4.11. The first kappa shape index (κ1) is 57.5. The third kappa shape index (κ3) is 19.2. The Morgan fingerprint density at radius 2 is 1.25 bits per heavy atom. The third-order valence-electron chi connectivity index (χ3n) is 14.3. The summed E-state index contributed by atoms with van der Waals surface area (Å²) < 4.78 is 44.7. The number of aryl methyl sites for hydroxylation is 1. The number of unbranched alkanes of at least 4 members (excludes halogenated alkanes) is 1. The summed E-state index contributed by atoms with van der Waals surface area (Å²) in [6.45, 7) is 25.4. The van der Waals surface area contributed by atoms with Gasteiger partial charge in [-0.25, -0.2) is 0 Å². The molecule has 0 fully saturated rings. The number of methoxy groups -OCH3 is 1. The summed E-state index contributed by atoms with van der Waals surface area (Å²) in [6.07, 6.45) is 1.99. The first-order chi connectivity index (χ1) is 32.8. The van der Waals surface area contributed by atoms with Crippen LogP contribution in [0.3, 0.4) is 0 Å². The van der Waals surface area contributed by atoms with Crippen molar-refractivity contribution in [3.63, 3.8) is 0 Å². The number of benzene rings is 4. The molecule has 9 nitrogen and oxygen atoms in total. The highest BCUT2D eigenvalue weighted by Gasteiger charge is 2.42. The van der Waals surface area contributed by atoms with Crippen molar-refractivity contribution in [2.24, 2.45) is 11.3 Å². The van der Waals surface area contributed by atoms with E-state index in [0.717, 1.165) is 72.0 Å². The van der Waals surface area contributed by atoms with Gasteiger partial charge < -0.3 is 32.5 Å². The average Bonchev–Trinajstić information content (AvgIpc) is 3.34. The summed E-state index contributed by atoms with van der Waals surface area (Å²) in [5, 5.41) is -0.00672. The average molecular weight is 983 g/mol. The van der Waals surface area contributed by atoms with E-state index in [0.29, 0.717) is 19.8 Å². The molecule has 4 aromatic rings. The number of hydrogen-bond donors (Lipinski definition) is 0. The molecule has 11 heteroatoms. The fourth-order valence-electron chi connectivity index (χ4n) is 8.03. The molecule has 0 aliphatic carbocycles. The summed E-state index contributed by atoms with van der Waals surface area (Å²) in [5.74, 6) is 0.912. The van der Waals surface area contributed by atoms with Crippen LogP contribution in [-0.2, 0) is 58.9 Å². The molecule has 0 unspecified atom stereocenters. The lowest BCUT2D eigenvalue weighted by Gasteiger charge is -2.40. The molecule has 0 spiro atoms. The van der Waals surface area contributed by atoms with Gasteiger partial charge in [-0.2, -0.15) is 0 Å². The Bertz CT molecular complexity index is 2070. The van der Waals surface area contributed by atoms with Gasteiger partial charge in [0.05, 0.1) is 45.6 Å². The maximum Gasteiger partial charge on any atom is 0.308 e. The van der Waals surface area contributed by atoms with Crippen molar-refractivity contribution in [3.8, 4) is 11.5 Å². The van der Waals surface area contributed by atoms with Crippen molar-refractivity contribution in [1.82, 2.24) is 0 Å². The maximum atomic E-state index is 14.6. The quantitative estimate of drug-likeness (QED) is 0.0269. The highest BCUT2D eigenvalue weighted by Crippen LogP contribution is 2.39. The van der Waals surface area contributed by atoms with E-state index in [9.17, 15) is 9.59 Å². The largest absolute Gasteiger partial charge is 0.497 e. The van der Waals surface area contributed by atoms with Gasteiger partial charge in [0.1, 0.15) is 30.0 Å². The van der Waals surface area contributed by atoms with E-state index in [4.69, 9.17) is 32.5 Å². The van der Waals surface area contributed by atoms with Crippen molar-refractivity contribution >= 4 is 28.4 Å². The van der Waals surface area contributed by atoms with Crippen LogP contribution in [0.15, 0.2) is 109 Å². The number of ketones is 1. The molecule has 0 N–H and O–H groups in total. The lowest BCUT2D eigenvalue weighted by Crippen LogP contribution is -2.47. The van der Waals surface area contributed by atoms with Gasteiger partial charge in [-0.05, 0) is 102 Å². The molecular weight excluding hydrogens is 897 g/mol. The molecule has 0 saturated carbocycles. The first-order valence-corrected chi connectivity index (χ1v) is 30.9. The molecule has 4 rings (SSSR count). The maximum absolute atomic E-state index is 14.6. The first-order valence-electron chi connectivity index (χ1n) is 25.5. The van der Waals surface area contributed by atoms with Gasteiger partial charge in [0.2, 0.25) is 0 Å². The molecular formula is C58H86O9Si2. The molecule has 380 valence electrons. The van der Waals surface area contributed by atoms with Crippen molar-refractivity contribution in [1.29, 1.82) is 0 Å². The van der Waals surface area contributed by atoms with Gasteiger partial charge in [0.15, 0.2) is 16.6 Å². The number of Topliss-reactive ketones (excluding diaryl/α,β-unsaturated/α-hetero) is 1. The topological polar surface area (TPSA) is 98.8 Å². The van der Waals surface area contributed by atoms with E-state index < -0.39 is 40.2 Å². The van der Waals surface area contributed by atoms with Gasteiger partial charge in [0.25, 0.3) is 0 Å². The van der Waals surface area contributed by atoms with Crippen molar-refractivity contribution in [2.45, 2.75) is 175 Å². The molecule has 0 bridgehead atoms. The predicted octanol–water partition coefficient (Wildman–Crippen LogP) is 14.1. The molecule has 0 aliphatic heterocycles. The highest BCUT2D eigenvalue weighted by molar-refractivity contribution is 6.74. The second-order valence-electron chi connectivity index (χ2n) is 21.0. The Kier molecular flexibility index (Phi) is 23.4. The molecule has 4 atom stereocenters. The van der Waals surface area contributed by atoms with Crippen molar-refractivity contribution in [2.75, 3.05) is 20.3 Å². The van der Waals surface area contributed by atoms with Crippen LogP contribution in [0.4, 0.5) is 0 Å². The van der Waals surface area contributed by atoms with E-state index in [1.165, 1.54) is 5.56 Å². The molecule has 69 heavy (non-hydrogen) atoms. The normalized spacial score (nSPS) is 14.1. The number of carbonyl (C=O) groups is 2. The minimum atomic E-state index is -2.15. The molecule has 0 aromatic heterocycles. The van der Waals surface area contributed by atoms with Crippen LogP contribution >= 0.6 is 0 Å². The number of ether oxygens (including phenoxy) is 5. The Morgan fingerprint density at radius 3 is 1.84 bits per heavy atom. The minimum Gasteiger partial charge on any atom is -0.497 e. The molecule has 0 amide bonds. The Morgan fingerprint density at radius 1 is 0.652 bits per heavy atom. The van der Waals surface area contributed by atoms with Crippen LogP contribution in [0.5, 0.6) is 11.5 Å². The van der Waals surface area contributed by atoms with E-state index in [1.807, 2.05) is 92.7 Å². The lowest BCUT2D eigenvalue weighted by atomic mass is 9.82. The number of carbonyl (C=O) groups excluding carboxylic acids is 2. The Balaban J connectivity index is 1.57. The van der Waals surface area contributed by atoms with Gasteiger partial charge in [-0.3, -0.25) is 9.59 Å². The number of esters is 1. The van der Waals surface area contributed by atoms with Gasteiger partial charge >= 0.3 is 5.97 Å². The zero-order chi connectivity index (χ0) is 50.5. The van der Waals surface area contributed by atoms with Gasteiger partial charge in [0, 0.05) is 24.4 Å². The zero-order valence-corrected chi connectivity index (χ0v) is 46.3. The zero-order valence-electron chi connectivity index (χ0n) is 44.3. The van der Waals surface area contributed by atoms with E-state index in [2.05, 4.69) is 91.9 Å². The smallest absolute Gasteiger partial charge is 0.308 e. The molecule has 0 aliphatic rings. The second kappa shape index (κ2) is 28.1. The molecule has 4 aromatic carbocycles. The molecule has 0 radical (unpaired) electrons. The number of hydrogen-bond acceptors (Lipinski definition) is 9. The van der Waals surface area contributed by atoms with E-state index in [-0.39, 0.29) is 48.9 Å². The van der Waals surface area contributed by atoms with Crippen LogP contribution in [-0.4, -0.2) is 67.0 Å². The van der Waals surface area contributed by atoms with Crippen LogP contribution in [0.25, 0.3) is 0 Å². The highest BCUT2D eigenvalue weighted by atomic mass is 28.4. The van der Waals surface area contributed by atoms with E-state index >= 15 is 0 Å². The van der Waals surface area contributed by atoms with E-state index in [1.54, 1.807) is 7.11 Å². The summed E-state index contributed by atoms with van der Waals surface area (Å²) in [4.78, 5) is 29.0. The fourth-order valence-corrected chi connectivity index (χ4v) is 12.2. The Labute approximate surface area is 418 Å². The second-order valence-corrected chi connectivity index (χ2v) is 30.5. The fraction of sp³-hybridized carbons (Fsp3) is 0.552.